The van der Waals surface area contributed by atoms with Crippen LogP contribution in [0.2, 0.25) is 0 Å². The molecule has 2 aromatic heterocycles. The van der Waals surface area contributed by atoms with Gasteiger partial charge in [-0.1, -0.05) is 30.3 Å². The fourth-order valence-corrected chi connectivity index (χ4v) is 4.85. The maximum atomic E-state index is 13.4. The lowest BCUT2D eigenvalue weighted by Gasteiger charge is -2.30. The molecule has 1 fully saturated rings. The molecular weight excluding hydrogens is 451 g/mol. The number of halogens is 1. The summed E-state index contributed by atoms with van der Waals surface area (Å²) in [6, 6.07) is 15.8. The Kier molecular flexibility index (Phi) is 6.22. The molecule has 8 heteroatoms. The zero-order valence-corrected chi connectivity index (χ0v) is 19.2. The number of rotatable bonds is 5. The number of fused-ring (bicyclic) bond motifs is 1. The highest BCUT2D eigenvalue weighted by molar-refractivity contribution is 7.15. The molecule has 4 aromatic rings. The van der Waals surface area contributed by atoms with Gasteiger partial charge in [0.05, 0.1) is 0 Å². The lowest BCUT2D eigenvalue weighted by atomic mass is 9.95. The second-order valence-electron chi connectivity index (χ2n) is 8.20. The second-order valence-corrected chi connectivity index (χ2v) is 9.08. The molecule has 0 unspecified atom stereocenters. The van der Waals surface area contributed by atoms with Crippen molar-refractivity contribution in [1.29, 1.82) is 0 Å². The number of benzene rings is 2. The number of amides is 2. The van der Waals surface area contributed by atoms with E-state index in [0.29, 0.717) is 37.4 Å². The quantitative estimate of drug-likeness (QED) is 0.410. The highest BCUT2D eigenvalue weighted by atomic mass is 32.1. The van der Waals surface area contributed by atoms with Crippen LogP contribution in [0.3, 0.4) is 0 Å². The normalized spacial score (nSPS) is 14.7. The first-order valence-corrected chi connectivity index (χ1v) is 12.0. The molecule has 6 nitrogen and oxygen atoms in total. The van der Waals surface area contributed by atoms with E-state index in [0.717, 1.165) is 16.1 Å². The smallest absolute Gasteiger partial charge is 0.246 e. The van der Waals surface area contributed by atoms with E-state index in [1.54, 1.807) is 23.1 Å². The molecule has 2 aromatic carbocycles. The maximum Gasteiger partial charge on any atom is 0.246 e. The minimum atomic E-state index is -0.324. The predicted molar refractivity (Wildman–Crippen MR) is 132 cm³/mol. The Labute approximate surface area is 200 Å². The highest BCUT2D eigenvalue weighted by Crippen LogP contribution is 2.32. The van der Waals surface area contributed by atoms with Crippen LogP contribution in [-0.4, -0.2) is 39.2 Å². The van der Waals surface area contributed by atoms with Crippen molar-refractivity contribution in [2.24, 2.45) is 5.92 Å². The first-order chi connectivity index (χ1) is 16.6. The molecule has 1 N–H and O–H groups in total. The van der Waals surface area contributed by atoms with Crippen molar-refractivity contribution in [3.05, 3.63) is 83.6 Å². The van der Waals surface area contributed by atoms with Gasteiger partial charge in [-0.2, -0.15) is 0 Å². The van der Waals surface area contributed by atoms with Crippen LogP contribution in [0.5, 0.6) is 0 Å². The van der Waals surface area contributed by atoms with Crippen molar-refractivity contribution in [2.75, 3.05) is 18.4 Å². The largest absolute Gasteiger partial charge is 0.339 e. The number of carbonyl (C=O) groups excluding carboxylic acids is 2. The van der Waals surface area contributed by atoms with E-state index < -0.39 is 0 Å². The number of thiazole rings is 1. The third kappa shape index (κ3) is 4.63. The molecule has 0 aliphatic carbocycles. The number of nitrogens with one attached hydrogen (secondary N) is 1. The second kappa shape index (κ2) is 9.61. The number of imidazole rings is 1. The van der Waals surface area contributed by atoms with E-state index >= 15 is 0 Å². The van der Waals surface area contributed by atoms with E-state index in [9.17, 15) is 14.0 Å². The Morgan fingerprint density at radius 3 is 2.53 bits per heavy atom. The van der Waals surface area contributed by atoms with Gasteiger partial charge in [0.25, 0.3) is 0 Å². The molecule has 0 atom stereocenters. The number of nitrogens with zero attached hydrogens (tertiary/aromatic N) is 3. The van der Waals surface area contributed by atoms with Crippen LogP contribution in [0, 0.1) is 11.7 Å². The number of carbonyl (C=O) groups is 2. The van der Waals surface area contributed by atoms with E-state index in [1.807, 2.05) is 52.4 Å². The molecule has 0 bridgehead atoms. The van der Waals surface area contributed by atoms with Gasteiger partial charge < -0.3 is 10.2 Å². The zero-order valence-electron chi connectivity index (χ0n) is 18.4. The average molecular weight is 475 g/mol. The molecule has 34 heavy (non-hydrogen) atoms. The van der Waals surface area contributed by atoms with Gasteiger partial charge in [-0.05, 0) is 48.7 Å². The van der Waals surface area contributed by atoms with Crippen molar-refractivity contribution in [3.8, 4) is 11.3 Å². The lowest BCUT2D eigenvalue weighted by Crippen LogP contribution is -2.40. The van der Waals surface area contributed by atoms with Gasteiger partial charge in [0.15, 0.2) is 4.96 Å². The number of likely N-dealkylation sites (tertiary alicyclic amines) is 1. The lowest BCUT2D eigenvalue weighted by molar-refractivity contribution is -0.130. The molecule has 0 spiro atoms. The zero-order chi connectivity index (χ0) is 23.5. The Hall–Kier alpha value is -3.78. The van der Waals surface area contributed by atoms with Crippen LogP contribution in [0.4, 0.5) is 10.2 Å². The topological polar surface area (TPSA) is 66.7 Å². The number of piperidine rings is 1. The summed E-state index contributed by atoms with van der Waals surface area (Å²) >= 11 is 1.47. The first-order valence-electron chi connectivity index (χ1n) is 11.1. The molecule has 3 heterocycles. The van der Waals surface area contributed by atoms with Crippen LogP contribution < -0.4 is 5.32 Å². The van der Waals surface area contributed by atoms with Gasteiger partial charge in [-0.3, -0.25) is 14.0 Å². The molecule has 0 saturated carbocycles. The van der Waals surface area contributed by atoms with Gasteiger partial charge in [0.1, 0.15) is 17.3 Å². The van der Waals surface area contributed by atoms with Crippen molar-refractivity contribution in [2.45, 2.75) is 12.8 Å². The Bertz CT molecular complexity index is 1340. The predicted octanol–water partition coefficient (Wildman–Crippen LogP) is 5.09. The highest BCUT2D eigenvalue weighted by Gasteiger charge is 2.28. The van der Waals surface area contributed by atoms with Crippen molar-refractivity contribution < 1.29 is 14.0 Å². The average Bonchev–Trinajstić information content (AvgIpc) is 3.46. The number of anilines is 1. The van der Waals surface area contributed by atoms with Crippen molar-refractivity contribution in [1.82, 2.24) is 14.3 Å². The fourth-order valence-electron chi connectivity index (χ4n) is 4.13. The number of hydrogen-bond acceptors (Lipinski definition) is 4. The molecule has 172 valence electrons. The standard InChI is InChI=1S/C26H23FN4O2S/c27-21-9-7-19(8-10-21)23-24(31-16-17-34-26(31)28-23)29-25(33)20-12-14-30(15-13-20)22(32)11-6-18-4-2-1-3-5-18/h1-11,16-17,20H,12-15H2,(H,29,33)/b11-6+. The summed E-state index contributed by atoms with van der Waals surface area (Å²) in [4.78, 5) is 32.8. The Morgan fingerprint density at radius 2 is 1.79 bits per heavy atom. The Balaban J connectivity index is 1.25. The van der Waals surface area contributed by atoms with Crippen LogP contribution in [-0.2, 0) is 9.59 Å². The number of aromatic nitrogens is 2. The summed E-state index contributed by atoms with van der Waals surface area (Å²) in [5.74, 6) is -0.0831. The van der Waals surface area contributed by atoms with Gasteiger partial charge in [-0.15, -0.1) is 11.3 Å². The summed E-state index contributed by atoms with van der Waals surface area (Å²) < 4.78 is 15.2. The molecule has 2 amide bonds. The van der Waals surface area contributed by atoms with E-state index in [-0.39, 0.29) is 23.5 Å². The van der Waals surface area contributed by atoms with E-state index in [1.165, 1.54) is 23.5 Å². The fraction of sp³-hybridized carbons (Fsp3) is 0.192. The molecular formula is C26H23FN4O2S. The summed E-state index contributed by atoms with van der Waals surface area (Å²) in [6.07, 6.45) is 6.44. The van der Waals surface area contributed by atoms with E-state index in [4.69, 9.17) is 0 Å². The van der Waals surface area contributed by atoms with Crippen LogP contribution in [0.1, 0.15) is 18.4 Å². The molecule has 5 rings (SSSR count). The number of hydrogen-bond donors (Lipinski definition) is 1. The van der Waals surface area contributed by atoms with Crippen LogP contribution >= 0.6 is 11.3 Å². The molecule has 0 radical (unpaired) electrons. The summed E-state index contributed by atoms with van der Waals surface area (Å²) in [5, 5.41) is 4.95. The summed E-state index contributed by atoms with van der Waals surface area (Å²) in [6.45, 7) is 1.06. The Morgan fingerprint density at radius 1 is 1.06 bits per heavy atom. The first kappa shape index (κ1) is 22.0. The maximum absolute atomic E-state index is 13.4. The van der Waals surface area contributed by atoms with Crippen molar-refractivity contribution >= 4 is 40.0 Å². The summed E-state index contributed by atoms with van der Waals surface area (Å²) in [5.41, 5.74) is 2.32. The van der Waals surface area contributed by atoms with Crippen molar-refractivity contribution in [3.63, 3.8) is 0 Å². The third-order valence-electron chi connectivity index (χ3n) is 6.02. The van der Waals surface area contributed by atoms with Gasteiger partial charge in [0.2, 0.25) is 11.8 Å². The molecule has 1 saturated heterocycles. The van der Waals surface area contributed by atoms with Gasteiger partial charge in [-0.25, -0.2) is 9.37 Å². The van der Waals surface area contributed by atoms with Crippen LogP contribution in [0.25, 0.3) is 22.3 Å². The van der Waals surface area contributed by atoms with Crippen LogP contribution in [0.15, 0.2) is 72.3 Å². The van der Waals surface area contributed by atoms with Gasteiger partial charge >= 0.3 is 0 Å². The minimum Gasteiger partial charge on any atom is -0.339 e. The monoisotopic (exact) mass is 474 g/mol. The van der Waals surface area contributed by atoms with E-state index in [2.05, 4.69) is 10.3 Å². The molecule has 1 aliphatic rings. The third-order valence-corrected chi connectivity index (χ3v) is 6.77. The molecule has 1 aliphatic heterocycles. The van der Waals surface area contributed by atoms with Gasteiger partial charge in [0, 0.05) is 42.2 Å². The SMILES string of the molecule is O=C(Nc1c(-c2ccc(F)cc2)nc2sccn12)C1CCN(C(=O)/C=C/c2ccccc2)CC1. The summed E-state index contributed by atoms with van der Waals surface area (Å²) in [7, 11) is 0. The minimum absolute atomic E-state index is 0.0444.